The van der Waals surface area contributed by atoms with Crippen molar-refractivity contribution in [1.29, 1.82) is 0 Å². The standard InChI is InChI=1S/C74H138O6/c1-4-7-10-13-16-19-22-25-28-30-31-32-33-34-35-36-37-38-39-40-41-42-43-45-46-49-52-55-58-61-64-67-73(76)79-70-71(69-78-72(75)66-63-60-57-54-51-48-27-24-21-18-15-12-9-6-3)80-74(77)68-65-62-59-56-53-50-47-44-29-26-23-20-17-14-11-8-5-2/h8,11,17,20,26,29,71H,4-7,9-10,12-16,18-19,21-25,27-28,30-70H2,1-3H3/b11-8-,20-17-,29-26-. The lowest BCUT2D eigenvalue weighted by molar-refractivity contribution is -0.167. The number of carbonyl (C=O) groups is 3. The number of esters is 3. The second kappa shape index (κ2) is 69.1. The lowest BCUT2D eigenvalue weighted by Gasteiger charge is -2.18. The summed E-state index contributed by atoms with van der Waals surface area (Å²) in [7, 11) is 0. The van der Waals surface area contributed by atoms with Crippen LogP contribution in [0.15, 0.2) is 36.5 Å². The Bertz CT molecular complexity index is 1340. The van der Waals surface area contributed by atoms with Crippen molar-refractivity contribution in [3.05, 3.63) is 36.5 Å². The highest BCUT2D eigenvalue weighted by atomic mass is 16.6. The van der Waals surface area contributed by atoms with Gasteiger partial charge in [-0.05, 0) is 51.4 Å². The van der Waals surface area contributed by atoms with Gasteiger partial charge >= 0.3 is 17.9 Å². The van der Waals surface area contributed by atoms with Gasteiger partial charge in [0, 0.05) is 19.3 Å². The van der Waals surface area contributed by atoms with Gasteiger partial charge in [0.2, 0.25) is 0 Å². The molecule has 0 heterocycles. The van der Waals surface area contributed by atoms with E-state index in [-0.39, 0.29) is 31.1 Å². The van der Waals surface area contributed by atoms with Crippen LogP contribution in [0, 0.1) is 0 Å². The highest BCUT2D eigenvalue weighted by molar-refractivity contribution is 5.71. The Morgan fingerprint density at radius 3 is 0.762 bits per heavy atom. The average molecular weight is 1120 g/mol. The van der Waals surface area contributed by atoms with E-state index in [0.717, 1.165) is 83.5 Å². The van der Waals surface area contributed by atoms with E-state index in [1.165, 1.54) is 276 Å². The SMILES string of the molecule is CC/C=C\C/C=C\C/C=C\CCCCCCCCCC(=O)OC(COC(=O)CCCCCCCCCCCCCCCC)COC(=O)CCCCCCCCCCCCCCCCCCCCCCCCCCCCCCCCC. The maximum absolute atomic E-state index is 12.9. The van der Waals surface area contributed by atoms with Gasteiger partial charge in [-0.25, -0.2) is 0 Å². The van der Waals surface area contributed by atoms with Crippen LogP contribution < -0.4 is 0 Å². The van der Waals surface area contributed by atoms with Gasteiger partial charge in [0.05, 0.1) is 0 Å². The third-order valence-corrected chi connectivity index (χ3v) is 16.4. The summed E-state index contributed by atoms with van der Waals surface area (Å²) in [6.45, 7) is 6.60. The largest absolute Gasteiger partial charge is 0.462 e. The number of ether oxygens (including phenoxy) is 3. The summed E-state index contributed by atoms with van der Waals surface area (Å²) in [4.78, 5) is 38.4. The van der Waals surface area contributed by atoms with Crippen molar-refractivity contribution in [1.82, 2.24) is 0 Å². The molecule has 0 fully saturated rings. The van der Waals surface area contributed by atoms with Crippen LogP contribution in [0.1, 0.15) is 400 Å². The fourth-order valence-corrected chi connectivity index (χ4v) is 11.1. The molecule has 1 atom stereocenters. The van der Waals surface area contributed by atoms with Gasteiger partial charge in [0.15, 0.2) is 6.10 Å². The Labute approximate surface area is 499 Å². The quantitative estimate of drug-likeness (QED) is 0.0261. The van der Waals surface area contributed by atoms with E-state index in [0.29, 0.717) is 19.3 Å². The average Bonchev–Trinajstić information content (AvgIpc) is 3.46. The number of hydrogen-bond acceptors (Lipinski definition) is 6. The number of carbonyl (C=O) groups excluding carboxylic acids is 3. The summed E-state index contributed by atoms with van der Waals surface area (Å²) in [5.74, 6) is -0.851. The van der Waals surface area contributed by atoms with Gasteiger partial charge in [-0.2, -0.15) is 0 Å². The van der Waals surface area contributed by atoms with E-state index in [1.54, 1.807) is 0 Å². The highest BCUT2D eigenvalue weighted by Gasteiger charge is 2.19. The molecule has 0 aliphatic carbocycles. The first kappa shape index (κ1) is 77.6. The molecule has 470 valence electrons. The molecule has 0 rings (SSSR count). The molecule has 0 aliphatic heterocycles. The first-order valence-electron chi connectivity index (χ1n) is 36.0. The number of allylic oxidation sites excluding steroid dienone is 6. The lowest BCUT2D eigenvalue weighted by atomic mass is 10.0. The summed E-state index contributed by atoms with van der Waals surface area (Å²) >= 11 is 0. The van der Waals surface area contributed by atoms with Gasteiger partial charge < -0.3 is 14.2 Å². The summed E-state index contributed by atoms with van der Waals surface area (Å²) in [5.41, 5.74) is 0. The molecule has 1 unspecified atom stereocenters. The molecule has 0 bridgehead atoms. The first-order chi connectivity index (χ1) is 39.5. The Hall–Kier alpha value is -2.37. The Balaban J connectivity index is 4.14. The monoisotopic (exact) mass is 1120 g/mol. The highest BCUT2D eigenvalue weighted by Crippen LogP contribution is 2.19. The topological polar surface area (TPSA) is 78.9 Å². The van der Waals surface area contributed by atoms with Crippen molar-refractivity contribution >= 4 is 17.9 Å². The van der Waals surface area contributed by atoms with Gasteiger partial charge in [0.1, 0.15) is 13.2 Å². The maximum atomic E-state index is 12.9. The molecule has 0 aromatic carbocycles. The Morgan fingerprint density at radius 1 is 0.263 bits per heavy atom. The molecule has 0 radical (unpaired) electrons. The van der Waals surface area contributed by atoms with E-state index in [4.69, 9.17) is 14.2 Å². The van der Waals surface area contributed by atoms with Crippen molar-refractivity contribution in [3.8, 4) is 0 Å². The molecule has 0 aromatic heterocycles. The Kier molecular flexibility index (Phi) is 67.1. The van der Waals surface area contributed by atoms with Gasteiger partial charge in [-0.15, -0.1) is 0 Å². The molecule has 0 aliphatic rings. The fourth-order valence-electron chi connectivity index (χ4n) is 11.1. The van der Waals surface area contributed by atoms with Crippen molar-refractivity contribution in [3.63, 3.8) is 0 Å². The van der Waals surface area contributed by atoms with Crippen LogP contribution in [-0.2, 0) is 28.6 Å². The van der Waals surface area contributed by atoms with E-state index < -0.39 is 6.10 Å². The second-order valence-corrected chi connectivity index (χ2v) is 24.5. The fraction of sp³-hybridized carbons (Fsp3) is 0.878. The molecular weight excluding hydrogens is 985 g/mol. The minimum absolute atomic E-state index is 0.0706. The smallest absolute Gasteiger partial charge is 0.306 e. The summed E-state index contributed by atoms with van der Waals surface area (Å²) in [6.07, 6.45) is 86.2. The molecule has 0 amide bonds. The second-order valence-electron chi connectivity index (χ2n) is 24.5. The molecule has 0 N–H and O–H groups in total. The van der Waals surface area contributed by atoms with Crippen molar-refractivity contribution < 1.29 is 28.6 Å². The normalized spacial score (nSPS) is 12.2. The number of rotatable bonds is 67. The van der Waals surface area contributed by atoms with E-state index >= 15 is 0 Å². The van der Waals surface area contributed by atoms with Gasteiger partial charge in [-0.3, -0.25) is 14.4 Å². The van der Waals surface area contributed by atoms with E-state index in [1.807, 2.05) is 0 Å². The maximum Gasteiger partial charge on any atom is 0.306 e. The molecular formula is C74H138O6. The molecule has 6 nitrogen and oxygen atoms in total. The summed E-state index contributed by atoms with van der Waals surface area (Å²) in [5, 5.41) is 0. The van der Waals surface area contributed by atoms with Gasteiger partial charge in [0.25, 0.3) is 0 Å². The predicted octanol–water partition coefficient (Wildman–Crippen LogP) is 24.7. The molecule has 0 spiro atoms. The van der Waals surface area contributed by atoms with Crippen LogP contribution in [-0.4, -0.2) is 37.2 Å². The van der Waals surface area contributed by atoms with Crippen molar-refractivity contribution in [2.45, 2.75) is 406 Å². The van der Waals surface area contributed by atoms with E-state index in [2.05, 4.69) is 57.2 Å². The van der Waals surface area contributed by atoms with Crippen LogP contribution in [0.25, 0.3) is 0 Å². The molecule has 80 heavy (non-hydrogen) atoms. The Morgan fingerprint density at radius 2 is 0.487 bits per heavy atom. The van der Waals surface area contributed by atoms with Crippen LogP contribution >= 0.6 is 0 Å². The molecule has 6 heteroatoms. The third-order valence-electron chi connectivity index (χ3n) is 16.4. The van der Waals surface area contributed by atoms with E-state index in [9.17, 15) is 14.4 Å². The zero-order chi connectivity index (χ0) is 57.8. The van der Waals surface area contributed by atoms with Crippen LogP contribution in [0.3, 0.4) is 0 Å². The van der Waals surface area contributed by atoms with Crippen LogP contribution in [0.2, 0.25) is 0 Å². The lowest BCUT2D eigenvalue weighted by Crippen LogP contribution is -2.30. The predicted molar refractivity (Wildman–Crippen MR) is 349 cm³/mol. The zero-order valence-electron chi connectivity index (χ0n) is 54.1. The first-order valence-corrected chi connectivity index (χ1v) is 36.0. The minimum Gasteiger partial charge on any atom is -0.462 e. The van der Waals surface area contributed by atoms with Crippen molar-refractivity contribution in [2.75, 3.05) is 13.2 Å². The summed E-state index contributed by atoms with van der Waals surface area (Å²) in [6, 6.07) is 0. The molecule has 0 saturated heterocycles. The zero-order valence-corrected chi connectivity index (χ0v) is 54.1. The molecule has 0 saturated carbocycles. The molecule has 0 aromatic rings. The number of unbranched alkanes of at least 4 members (excludes halogenated alkanes) is 50. The summed E-state index contributed by atoms with van der Waals surface area (Å²) < 4.78 is 17.0. The van der Waals surface area contributed by atoms with Crippen LogP contribution in [0.5, 0.6) is 0 Å². The van der Waals surface area contributed by atoms with Crippen LogP contribution in [0.4, 0.5) is 0 Å². The van der Waals surface area contributed by atoms with Gasteiger partial charge in [-0.1, -0.05) is 365 Å². The van der Waals surface area contributed by atoms with Crippen molar-refractivity contribution in [2.24, 2.45) is 0 Å². The minimum atomic E-state index is -0.775. The number of hydrogen-bond donors (Lipinski definition) is 0. The third kappa shape index (κ3) is 66.4.